The van der Waals surface area contributed by atoms with E-state index in [1.807, 2.05) is 37.4 Å². The van der Waals surface area contributed by atoms with Gasteiger partial charge in [0.05, 0.1) is 18.8 Å². The van der Waals surface area contributed by atoms with Crippen LogP contribution in [-0.2, 0) is 11.9 Å². The fraction of sp³-hybridized carbons (Fsp3) is 0.385. The van der Waals surface area contributed by atoms with Gasteiger partial charge in [0.1, 0.15) is 6.61 Å². The lowest BCUT2D eigenvalue weighted by Gasteiger charge is -2.11. The summed E-state index contributed by atoms with van der Waals surface area (Å²) in [4.78, 5) is 0. The van der Waals surface area contributed by atoms with Crippen LogP contribution in [0.2, 0.25) is 0 Å². The fourth-order valence-corrected chi connectivity index (χ4v) is 1.86. The smallest absolute Gasteiger partial charge is 0.161 e. The average Bonchev–Trinajstić information content (AvgIpc) is 2.89. The number of hydrogen-bond donors (Lipinski definition) is 0. The molecule has 0 radical (unpaired) electrons. The van der Waals surface area contributed by atoms with Gasteiger partial charge in [-0.2, -0.15) is 0 Å². The van der Waals surface area contributed by atoms with Crippen LogP contribution >= 0.6 is 15.9 Å². The first-order valence-electron chi connectivity index (χ1n) is 6.13. The number of alkyl halides is 1. The summed E-state index contributed by atoms with van der Waals surface area (Å²) in [6, 6.07) is 7.65. The number of rotatable bonds is 7. The first-order chi connectivity index (χ1) is 9.33. The SMILES string of the molecule is CCOc1ccccc1OCCn1cc(CBr)nn1. The predicted octanol–water partition coefficient (Wildman–Crippen LogP) is 2.65. The number of para-hydroxylation sites is 2. The molecule has 0 aliphatic carbocycles. The quantitative estimate of drug-likeness (QED) is 0.734. The van der Waals surface area contributed by atoms with Gasteiger partial charge < -0.3 is 9.47 Å². The first kappa shape index (κ1) is 13.9. The fourth-order valence-electron chi connectivity index (χ4n) is 1.60. The van der Waals surface area contributed by atoms with Crippen LogP contribution in [0, 0.1) is 0 Å². The van der Waals surface area contributed by atoms with E-state index in [4.69, 9.17) is 9.47 Å². The van der Waals surface area contributed by atoms with Crippen LogP contribution in [0.25, 0.3) is 0 Å². The highest BCUT2D eigenvalue weighted by molar-refractivity contribution is 9.08. The van der Waals surface area contributed by atoms with Gasteiger partial charge in [-0.3, -0.25) is 0 Å². The first-order valence-corrected chi connectivity index (χ1v) is 7.25. The molecule has 0 atom stereocenters. The third-order valence-electron chi connectivity index (χ3n) is 2.45. The molecule has 0 saturated heterocycles. The van der Waals surface area contributed by atoms with Crippen molar-refractivity contribution in [1.29, 1.82) is 0 Å². The molecule has 0 N–H and O–H groups in total. The standard InChI is InChI=1S/C13H16BrN3O2/c1-2-18-12-5-3-4-6-13(12)19-8-7-17-10-11(9-14)15-16-17/h3-6,10H,2,7-9H2,1H3. The third-order valence-corrected chi connectivity index (χ3v) is 3.02. The lowest BCUT2D eigenvalue weighted by Crippen LogP contribution is -2.09. The van der Waals surface area contributed by atoms with Crippen LogP contribution in [0.15, 0.2) is 30.5 Å². The molecule has 0 aliphatic rings. The Morgan fingerprint density at radius 2 is 1.95 bits per heavy atom. The van der Waals surface area contributed by atoms with Crippen LogP contribution < -0.4 is 9.47 Å². The van der Waals surface area contributed by atoms with Gasteiger partial charge in [-0.25, -0.2) is 4.68 Å². The van der Waals surface area contributed by atoms with Gasteiger partial charge in [-0.05, 0) is 19.1 Å². The van der Waals surface area contributed by atoms with Gasteiger partial charge in [0, 0.05) is 11.5 Å². The van der Waals surface area contributed by atoms with Gasteiger partial charge in [0.2, 0.25) is 0 Å². The molecular weight excluding hydrogens is 310 g/mol. The van der Waals surface area contributed by atoms with Crippen LogP contribution in [-0.4, -0.2) is 28.2 Å². The van der Waals surface area contributed by atoms with Gasteiger partial charge in [-0.1, -0.05) is 33.3 Å². The molecule has 0 spiro atoms. The molecule has 0 bridgehead atoms. The normalized spacial score (nSPS) is 10.4. The lowest BCUT2D eigenvalue weighted by molar-refractivity contribution is 0.261. The molecule has 102 valence electrons. The molecule has 2 rings (SSSR count). The zero-order chi connectivity index (χ0) is 13.5. The Morgan fingerprint density at radius 3 is 2.58 bits per heavy atom. The van der Waals surface area contributed by atoms with Crippen molar-refractivity contribution in [2.45, 2.75) is 18.8 Å². The highest BCUT2D eigenvalue weighted by Gasteiger charge is 2.04. The second-order valence-electron chi connectivity index (χ2n) is 3.83. The topological polar surface area (TPSA) is 49.2 Å². The summed E-state index contributed by atoms with van der Waals surface area (Å²) >= 11 is 3.34. The average molecular weight is 326 g/mol. The van der Waals surface area contributed by atoms with Crippen molar-refractivity contribution >= 4 is 15.9 Å². The van der Waals surface area contributed by atoms with Crippen LogP contribution in [0.5, 0.6) is 11.5 Å². The summed E-state index contributed by atoms with van der Waals surface area (Å²) in [5, 5.41) is 8.70. The van der Waals surface area contributed by atoms with Crippen molar-refractivity contribution < 1.29 is 9.47 Å². The summed E-state index contributed by atoms with van der Waals surface area (Å²) in [7, 11) is 0. The zero-order valence-corrected chi connectivity index (χ0v) is 12.3. The molecule has 0 fully saturated rings. The molecule has 2 aromatic rings. The highest BCUT2D eigenvalue weighted by atomic mass is 79.9. The number of aromatic nitrogens is 3. The van der Waals surface area contributed by atoms with Gasteiger partial charge in [0.15, 0.2) is 11.5 Å². The summed E-state index contributed by atoms with van der Waals surface area (Å²) in [5.74, 6) is 1.52. The summed E-state index contributed by atoms with van der Waals surface area (Å²) in [6.07, 6.45) is 1.90. The van der Waals surface area contributed by atoms with E-state index in [1.54, 1.807) is 4.68 Å². The van der Waals surface area contributed by atoms with Crippen molar-refractivity contribution in [3.63, 3.8) is 0 Å². The number of halogens is 1. The number of hydrogen-bond acceptors (Lipinski definition) is 4. The Kier molecular flexibility index (Phi) is 5.20. The maximum absolute atomic E-state index is 5.71. The van der Waals surface area contributed by atoms with Crippen molar-refractivity contribution in [3.05, 3.63) is 36.2 Å². The van der Waals surface area contributed by atoms with E-state index in [0.29, 0.717) is 25.1 Å². The summed E-state index contributed by atoms with van der Waals surface area (Å²) in [6.45, 7) is 3.75. The lowest BCUT2D eigenvalue weighted by atomic mass is 10.3. The maximum Gasteiger partial charge on any atom is 0.161 e. The van der Waals surface area contributed by atoms with E-state index in [9.17, 15) is 0 Å². The molecule has 0 amide bonds. The second kappa shape index (κ2) is 7.13. The van der Waals surface area contributed by atoms with Crippen LogP contribution in [0.4, 0.5) is 0 Å². The Morgan fingerprint density at radius 1 is 1.21 bits per heavy atom. The zero-order valence-electron chi connectivity index (χ0n) is 10.8. The maximum atomic E-state index is 5.71. The molecule has 0 aliphatic heterocycles. The van der Waals surface area contributed by atoms with Crippen molar-refractivity contribution in [2.24, 2.45) is 0 Å². The summed E-state index contributed by atoms with van der Waals surface area (Å²) < 4.78 is 13.0. The Balaban J connectivity index is 1.88. The van der Waals surface area contributed by atoms with E-state index in [2.05, 4.69) is 26.2 Å². The molecule has 1 aromatic heterocycles. The van der Waals surface area contributed by atoms with E-state index < -0.39 is 0 Å². The molecule has 19 heavy (non-hydrogen) atoms. The van der Waals surface area contributed by atoms with E-state index in [0.717, 1.165) is 17.2 Å². The third kappa shape index (κ3) is 3.96. The Bertz CT molecular complexity index is 516. The molecule has 6 heteroatoms. The van der Waals surface area contributed by atoms with Crippen molar-refractivity contribution in [3.8, 4) is 11.5 Å². The van der Waals surface area contributed by atoms with Crippen LogP contribution in [0.1, 0.15) is 12.6 Å². The molecule has 0 unspecified atom stereocenters. The minimum atomic E-state index is 0.523. The minimum Gasteiger partial charge on any atom is -0.490 e. The Hall–Kier alpha value is -1.56. The van der Waals surface area contributed by atoms with Crippen molar-refractivity contribution in [1.82, 2.24) is 15.0 Å². The van der Waals surface area contributed by atoms with Gasteiger partial charge >= 0.3 is 0 Å². The molecule has 1 heterocycles. The summed E-state index contributed by atoms with van der Waals surface area (Å²) in [5.41, 5.74) is 0.912. The molecule has 5 nitrogen and oxygen atoms in total. The predicted molar refractivity (Wildman–Crippen MR) is 75.8 cm³/mol. The Labute approximate surface area is 120 Å². The molecule has 0 saturated carbocycles. The van der Waals surface area contributed by atoms with Gasteiger partial charge in [0.25, 0.3) is 0 Å². The monoisotopic (exact) mass is 325 g/mol. The highest BCUT2D eigenvalue weighted by Crippen LogP contribution is 2.26. The minimum absolute atomic E-state index is 0.523. The number of nitrogens with zero attached hydrogens (tertiary/aromatic N) is 3. The van der Waals surface area contributed by atoms with Gasteiger partial charge in [-0.15, -0.1) is 5.10 Å². The van der Waals surface area contributed by atoms with Crippen LogP contribution in [0.3, 0.4) is 0 Å². The van der Waals surface area contributed by atoms with E-state index >= 15 is 0 Å². The molecule has 1 aromatic carbocycles. The van der Waals surface area contributed by atoms with Crippen molar-refractivity contribution in [2.75, 3.05) is 13.2 Å². The second-order valence-corrected chi connectivity index (χ2v) is 4.40. The van der Waals surface area contributed by atoms with E-state index in [1.165, 1.54) is 0 Å². The largest absolute Gasteiger partial charge is 0.490 e. The van der Waals surface area contributed by atoms with E-state index in [-0.39, 0.29) is 0 Å². The molecular formula is C13H16BrN3O2. The number of ether oxygens (including phenoxy) is 2. The number of benzene rings is 1.